The van der Waals surface area contributed by atoms with Crippen LogP contribution in [-0.4, -0.2) is 15.1 Å². The number of aromatic nitrogens is 1. The maximum absolute atomic E-state index is 10.6. The Labute approximate surface area is 182 Å². The van der Waals surface area contributed by atoms with Crippen molar-refractivity contribution >= 4 is 11.5 Å². The maximum Gasteiger partial charge on any atom is 0.0622 e. The van der Waals surface area contributed by atoms with Gasteiger partial charge in [-0.1, -0.05) is 13.8 Å². The first-order valence-corrected chi connectivity index (χ1v) is 13.2. The molecule has 0 bridgehead atoms. The van der Waals surface area contributed by atoms with Crippen LogP contribution in [0.25, 0.3) is 0 Å². The zero-order valence-corrected chi connectivity index (χ0v) is 19.8. The Hall–Kier alpha value is -0.410. The van der Waals surface area contributed by atoms with Crippen LogP contribution in [0.4, 0.5) is 0 Å². The fourth-order valence-corrected chi connectivity index (χ4v) is 9.90. The normalized spacial score (nSPS) is 47.9. The summed E-state index contributed by atoms with van der Waals surface area (Å²) >= 11 is 1.72. The third kappa shape index (κ3) is 3.53. The second-order valence-electron chi connectivity index (χ2n) is 12.0. The molecule has 2 nitrogen and oxygen atoms in total. The topological polar surface area (TPSA) is 33.1 Å². The molecule has 4 aliphatic carbocycles. The van der Waals surface area contributed by atoms with E-state index in [-0.39, 0.29) is 5.60 Å². The Bertz CT molecular complexity index is 741. The highest BCUT2D eigenvalue weighted by Gasteiger charge is 2.58. The molecule has 0 spiro atoms. The number of aliphatic hydroxyl groups is 1. The van der Waals surface area contributed by atoms with Crippen LogP contribution in [0.3, 0.4) is 0 Å². The maximum atomic E-state index is 10.6. The predicted octanol–water partition coefficient (Wildman–Crippen LogP) is 6.65. The fraction of sp³-hybridized carbons (Fsp3) is 0.885. The summed E-state index contributed by atoms with van der Waals surface area (Å²) in [5.41, 5.74) is 1.37. The predicted molar refractivity (Wildman–Crippen MR) is 121 cm³/mol. The number of rotatable bonds is 3. The molecule has 1 aromatic rings. The molecule has 1 aromatic heterocycles. The molecule has 1 N–H and O–H groups in total. The van der Waals surface area contributed by atoms with E-state index < -0.39 is 0 Å². The lowest BCUT2D eigenvalue weighted by molar-refractivity contribution is -0.102. The van der Waals surface area contributed by atoms with Gasteiger partial charge in [-0.3, -0.25) is 0 Å². The summed E-state index contributed by atoms with van der Waals surface area (Å²) in [5.74, 6) is 6.27. The summed E-state index contributed by atoms with van der Waals surface area (Å²) in [5, 5.41) is 10.6. The number of nitrogens with zero attached hydrogens (tertiary/aromatic N) is 1. The molecule has 1 heterocycles. The summed E-state index contributed by atoms with van der Waals surface area (Å²) in [6.45, 7) is 9.41. The van der Waals surface area contributed by atoms with E-state index in [9.17, 15) is 5.11 Å². The lowest BCUT2D eigenvalue weighted by atomic mass is 9.48. The SMILES string of the molecule is Cc1cc(C[C@H](C)C2CC[C@H]3[C@@H]4CC[C@@H]5C[C@](C)(O)CC[C@@H]5[C@H]4CC[C@]23C)sn1. The lowest BCUT2D eigenvalue weighted by Gasteiger charge is -2.57. The summed E-state index contributed by atoms with van der Waals surface area (Å²) in [6, 6.07) is 2.31. The standard InChI is InChI=1S/C26H41NOS/c1-16(13-19-14-17(2)27-29-19)23-7-8-24-22-6-5-18-15-25(3,28)11-9-20(18)21(22)10-12-26(23,24)4/h14,16,18,20-24,28H,5-13,15H2,1-4H3/t16-,18+,20-,21+,22+,23?,24-,25+,26+/m0/s1. The molecular weight excluding hydrogens is 374 g/mol. The number of aryl methyl sites for hydroxylation is 1. The van der Waals surface area contributed by atoms with Crippen molar-refractivity contribution in [3.8, 4) is 0 Å². The van der Waals surface area contributed by atoms with Gasteiger partial charge in [0.05, 0.1) is 11.3 Å². The molecule has 5 rings (SSSR count). The van der Waals surface area contributed by atoms with Gasteiger partial charge in [0, 0.05) is 4.88 Å². The number of fused-ring (bicyclic) bond motifs is 5. The van der Waals surface area contributed by atoms with Gasteiger partial charge >= 0.3 is 0 Å². The molecule has 4 aliphatic rings. The van der Waals surface area contributed by atoms with Crippen LogP contribution in [0.2, 0.25) is 0 Å². The van der Waals surface area contributed by atoms with Gasteiger partial charge < -0.3 is 5.11 Å². The fourth-order valence-electron chi connectivity index (χ4n) is 9.03. The molecule has 0 radical (unpaired) electrons. The molecule has 4 fully saturated rings. The molecular formula is C26H41NOS. The van der Waals surface area contributed by atoms with Crippen LogP contribution < -0.4 is 0 Å². The first-order chi connectivity index (χ1) is 13.8. The summed E-state index contributed by atoms with van der Waals surface area (Å²) < 4.78 is 4.52. The third-order valence-corrected chi connectivity index (χ3v) is 11.1. The van der Waals surface area contributed by atoms with E-state index in [2.05, 4.69) is 38.1 Å². The minimum atomic E-state index is -0.389. The molecule has 3 heteroatoms. The van der Waals surface area contributed by atoms with Gasteiger partial charge in [-0.15, -0.1) is 0 Å². The van der Waals surface area contributed by atoms with Crippen LogP contribution in [0.15, 0.2) is 6.07 Å². The minimum Gasteiger partial charge on any atom is -0.390 e. The van der Waals surface area contributed by atoms with Gasteiger partial charge in [0.15, 0.2) is 0 Å². The quantitative estimate of drug-likeness (QED) is 0.599. The lowest BCUT2D eigenvalue weighted by Crippen LogP contribution is -2.50. The van der Waals surface area contributed by atoms with Crippen molar-refractivity contribution < 1.29 is 5.11 Å². The van der Waals surface area contributed by atoms with Crippen molar-refractivity contribution in [2.45, 2.75) is 97.5 Å². The van der Waals surface area contributed by atoms with Gasteiger partial charge in [0.25, 0.3) is 0 Å². The Balaban J connectivity index is 1.31. The van der Waals surface area contributed by atoms with E-state index in [1.54, 1.807) is 11.5 Å². The zero-order valence-electron chi connectivity index (χ0n) is 19.0. The highest BCUT2D eigenvalue weighted by atomic mass is 32.1. The van der Waals surface area contributed by atoms with Crippen molar-refractivity contribution in [3.63, 3.8) is 0 Å². The van der Waals surface area contributed by atoms with E-state index >= 15 is 0 Å². The molecule has 0 amide bonds. The number of hydrogen-bond donors (Lipinski definition) is 1. The molecule has 4 saturated carbocycles. The molecule has 162 valence electrons. The minimum absolute atomic E-state index is 0.389. The van der Waals surface area contributed by atoms with Gasteiger partial charge in [0.2, 0.25) is 0 Å². The van der Waals surface area contributed by atoms with E-state index in [1.807, 2.05) is 0 Å². The third-order valence-electron chi connectivity index (χ3n) is 10.2. The second kappa shape index (κ2) is 7.33. The Morgan fingerprint density at radius 1 is 1.07 bits per heavy atom. The van der Waals surface area contributed by atoms with Gasteiger partial charge in [-0.25, -0.2) is 0 Å². The Kier molecular flexibility index (Phi) is 5.18. The monoisotopic (exact) mass is 415 g/mol. The largest absolute Gasteiger partial charge is 0.390 e. The van der Waals surface area contributed by atoms with E-state index in [1.165, 1.54) is 61.9 Å². The second-order valence-corrected chi connectivity index (χ2v) is 12.9. The van der Waals surface area contributed by atoms with Crippen LogP contribution in [0.5, 0.6) is 0 Å². The average molecular weight is 416 g/mol. The summed E-state index contributed by atoms with van der Waals surface area (Å²) in [4.78, 5) is 1.49. The van der Waals surface area contributed by atoms with E-state index in [4.69, 9.17) is 0 Å². The van der Waals surface area contributed by atoms with E-state index in [0.717, 1.165) is 54.3 Å². The zero-order chi connectivity index (χ0) is 20.4. The van der Waals surface area contributed by atoms with Crippen molar-refractivity contribution in [3.05, 3.63) is 16.6 Å². The van der Waals surface area contributed by atoms with Crippen LogP contribution in [0, 0.1) is 53.8 Å². The first-order valence-electron chi connectivity index (χ1n) is 12.4. The molecule has 0 saturated heterocycles. The number of hydrogen-bond acceptors (Lipinski definition) is 3. The van der Waals surface area contributed by atoms with Crippen molar-refractivity contribution in [2.24, 2.45) is 46.8 Å². The Morgan fingerprint density at radius 2 is 1.86 bits per heavy atom. The van der Waals surface area contributed by atoms with Crippen molar-refractivity contribution in [2.75, 3.05) is 0 Å². The summed E-state index contributed by atoms with van der Waals surface area (Å²) in [6.07, 6.45) is 13.3. The van der Waals surface area contributed by atoms with Crippen molar-refractivity contribution in [1.29, 1.82) is 0 Å². The molecule has 29 heavy (non-hydrogen) atoms. The highest BCUT2D eigenvalue weighted by molar-refractivity contribution is 7.05. The van der Waals surface area contributed by atoms with Crippen LogP contribution >= 0.6 is 11.5 Å². The average Bonchev–Trinajstić information content (AvgIpc) is 3.22. The van der Waals surface area contributed by atoms with E-state index in [0.29, 0.717) is 5.41 Å². The molecule has 9 atom stereocenters. The first kappa shape index (κ1) is 20.5. The summed E-state index contributed by atoms with van der Waals surface area (Å²) in [7, 11) is 0. The molecule has 1 unspecified atom stereocenters. The molecule has 0 aromatic carbocycles. The van der Waals surface area contributed by atoms with Gasteiger partial charge in [-0.2, -0.15) is 4.37 Å². The molecule has 0 aliphatic heterocycles. The van der Waals surface area contributed by atoms with Crippen LogP contribution in [-0.2, 0) is 6.42 Å². The van der Waals surface area contributed by atoms with Crippen molar-refractivity contribution in [1.82, 2.24) is 4.37 Å². The Morgan fingerprint density at radius 3 is 2.62 bits per heavy atom. The van der Waals surface area contributed by atoms with Gasteiger partial charge in [-0.05, 0) is 142 Å². The van der Waals surface area contributed by atoms with Crippen LogP contribution in [0.1, 0.15) is 89.1 Å². The van der Waals surface area contributed by atoms with Gasteiger partial charge in [0.1, 0.15) is 0 Å². The smallest absolute Gasteiger partial charge is 0.0622 e. The highest BCUT2D eigenvalue weighted by Crippen LogP contribution is 2.65.